The number of rotatable bonds is 10. The summed E-state index contributed by atoms with van der Waals surface area (Å²) in [6.07, 6.45) is 0.127. The Bertz CT molecular complexity index is 1440. The number of hydrogen-bond acceptors (Lipinski definition) is 7. The normalized spacial score (nSPS) is 11.3. The minimum Gasteiger partial charge on any atom is -0.710 e. The van der Waals surface area contributed by atoms with E-state index in [2.05, 4.69) is 20.9 Å². The van der Waals surface area contributed by atoms with Crippen LogP contribution in [0.25, 0.3) is 0 Å². The number of alkyl carbamates (subject to hydrolysis) is 1. The van der Waals surface area contributed by atoms with E-state index in [-0.39, 0.29) is 34.9 Å². The van der Waals surface area contributed by atoms with Crippen LogP contribution in [0.1, 0.15) is 48.8 Å². The van der Waals surface area contributed by atoms with Crippen LogP contribution in [0.3, 0.4) is 0 Å². The highest BCUT2D eigenvalue weighted by Gasteiger charge is 2.35. The first-order valence-electron chi connectivity index (χ1n) is 12.5. The van der Waals surface area contributed by atoms with Gasteiger partial charge in [0.2, 0.25) is 5.91 Å². The summed E-state index contributed by atoms with van der Waals surface area (Å²) in [7, 11) is 0. The van der Waals surface area contributed by atoms with Crippen LogP contribution >= 0.6 is 11.6 Å². The van der Waals surface area contributed by atoms with Crippen molar-refractivity contribution in [2.75, 3.05) is 11.9 Å². The molecule has 0 radical (unpaired) electrons. The Hall–Kier alpha value is -4.50. The summed E-state index contributed by atoms with van der Waals surface area (Å²) in [5, 5.41) is 30.5. The van der Waals surface area contributed by atoms with E-state index in [0.29, 0.717) is 16.1 Å². The third kappa shape index (κ3) is 9.01. The molecular formula is C28H29ClF2N6O4. The highest BCUT2D eigenvalue weighted by molar-refractivity contribution is 6.30. The number of amides is 2. The van der Waals surface area contributed by atoms with Crippen LogP contribution in [0.2, 0.25) is 5.02 Å². The number of anilines is 1. The smallest absolute Gasteiger partial charge is 0.407 e. The van der Waals surface area contributed by atoms with E-state index in [1.165, 1.54) is 36.5 Å². The largest absolute Gasteiger partial charge is 0.710 e. The van der Waals surface area contributed by atoms with Crippen molar-refractivity contribution in [3.63, 3.8) is 0 Å². The average molecular weight is 587 g/mol. The average Bonchev–Trinajstić information content (AvgIpc) is 2.91. The van der Waals surface area contributed by atoms with Gasteiger partial charge in [-0.3, -0.25) is 15.1 Å². The highest BCUT2D eigenvalue weighted by Crippen LogP contribution is 2.26. The van der Waals surface area contributed by atoms with Crippen LogP contribution < -0.4 is 20.7 Å². The topological polar surface area (TPSA) is 143 Å². The summed E-state index contributed by atoms with van der Waals surface area (Å²) in [5.74, 6) is -4.24. The lowest BCUT2D eigenvalue weighted by Gasteiger charge is -2.20. The van der Waals surface area contributed by atoms with Gasteiger partial charge >= 0.3 is 12.0 Å². The van der Waals surface area contributed by atoms with Gasteiger partial charge in [-0.25, -0.2) is 9.52 Å². The van der Waals surface area contributed by atoms with E-state index in [1.54, 1.807) is 39.0 Å². The van der Waals surface area contributed by atoms with Gasteiger partial charge in [-0.2, -0.15) is 14.0 Å². The van der Waals surface area contributed by atoms with Crippen molar-refractivity contribution in [2.45, 2.75) is 51.8 Å². The van der Waals surface area contributed by atoms with Gasteiger partial charge in [0.25, 0.3) is 5.82 Å². The second-order valence-electron chi connectivity index (χ2n) is 9.98. The zero-order valence-electron chi connectivity index (χ0n) is 22.6. The molecule has 13 heteroatoms. The molecule has 0 saturated heterocycles. The van der Waals surface area contributed by atoms with E-state index in [9.17, 15) is 28.8 Å². The summed E-state index contributed by atoms with van der Waals surface area (Å²) >= 11 is 6.12. The highest BCUT2D eigenvalue weighted by atomic mass is 35.5. The molecule has 0 aliphatic carbocycles. The zero-order chi connectivity index (χ0) is 30.2. The molecule has 0 spiro atoms. The fourth-order valence-corrected chi connectivity index (χ4v) is 3.87. The number of alkyl halides is 2. The molecule has 41 heavy (non-hydrogen) atoms. The quantitative estimate of drug-likeness (QED) is 0.237. The molecule has 0 atom stereocenters. The lowest BCUT2D eigenvalue weighted by atomic mass is 10.1. The maximum Gasteiger partial charge on any atom is 0.407 e. The fourth-order valence-electron chi connectivity index (χ4n) is 3.67. The molecule has 2 heterocycles. The lowest BCUT2D eigenvalue weighted by Crippen LogP contribution is -2.41. The van der Waals surface area contributed by atoms with Crippen LogP contribution in [-0.4, -0.2) is 29.1 Å². The van der Waals surface area contributed by atoms with Crippen LogP contribution in [0.15, 0.2) is 54.7 Å². The standard InChI is InChI=1S/C28H29ClF2N6O4/c1-27(2,3)41-26(39)35-15-19-7-9-21(29)12-20(19)16-34-25(38)13-22-18(14-32)8-10-24(37(22)40)36-17-28(30,31)23-6-4-5-11-33-23/h4-12,36H,13,15-17H2,1-3H3,(H,34,38)(H,35,39). The van der Waals surface area contributed by atoms with Gasteiger partial charge in [-0.05, 0) is 62.2 Å². The van der Waals surface area contributed by atoms with E-state index in [4.69, 9.17) is 16.3 Å². The Kier molecular flexibility index (Phi) is 10.0. The summed E-state index contributed by atoms with van der Waals surface area (Å²) in [6.45, 7) is 4.39. The number of hydrogen-bond donors (Lipinski definition) is 3. The Morgan fingerprint density at radius 3 is 2.49 bits per heavy atom. The van der Waals surface area contributed by atoms with Crippen molar-refractivity contribution >= 4 is 29.4 Å². The molecule has 216 valence electrons. The first-order chi connectivity index (χ1) is 19.3. The summed E-state index contributed by atoms with van der Waals surface area (Å²) in [6, 6.07) is 13.3. The van der Waals surface area contributed by atoms with Crippen LogP contribution in [0.5, 0.6) is 0 Å². The minimum absolute atomic E-state index is 0.000290. The molecule has 3 aromatic rings. The molecular weight excluding hydrogens is 558 g/mol. The van der Waals surface area contributed by atoms with Gasteiger partial charge in [0.1, 0.15) is 23.1 Å². The fraction of sp³-hybridized carbons (Fsp3) is 0.321. The molecule has 0 fully saturated rings. The number of carbonyl (C=O) groups is 2. The Balaban J connectivity index is 1.68. The van der Waals surface area contributed by atoms with Gasteiger partial charge in [-0.1, -0.05) is 23.7 Å². The van der Waals surface area contributed by atoms with Crippen molar-refractivity contribution < 1.29 is 27.8 Å². The van der Waals surface area contributed by atoms with Crippen molar-refractivity contribution in [1.82, 2.24) is 15.6 Å². The number of nitrogens with one attached hydrogen (secondary N) is 3. The molecule has 2 amide bonds. The van der Waals surface area contributed by atoms with Crippen molar-refractivity contribution in [3.8, 4) is 6.07 Å². The number of pyridine rings is 2. The molecule has 0 aliphatic heterocycles. The zero-order valence-corrected chi connectivity index (χ0v) is 23.4. The molecule has 1 aromatic carbocycles. The molecule has 0 saturated carbocycles. The predicted molar refractivity (Wildman–Crippen MR) is 147 cm³/mol. The SMILES string of the molecule is CC(C)(C)OC(=O)NCc1ccc(Cl)cc1CNC(=O)Cc1c(C#N)ccc(NCC(F)(F)c2ccccn2)[n+]1[O-]. The molecule has 0 aliphatic rings. The van der Waals surface area contributed by atoms with Crippen molar-refractivity contribution in [1.29, 1.82) is 5.26 Å². The molecule has 10 nitrogen and oxygen atoms in total. The first-order valence-corrected chi connectivity index (χ1v) is 12.9. The van der Waals surface area contributed by atoms with Crippen LogP contribution in [0.4, 0.5) is 19.4 Å². The Morgan fingerprint density at radius 2 is 1.83 bits per heavy atom. The number of carbonyl (C=O) groups excluding carboxylic acids is 2. The minimum atomic E-state index is -3.38. The number of benzene rings is 1. The molecule has 3 N–H and O–H groups in total. The summed E-state index contributed by atoms with van der Waals surface area (Å²) < 4.78 is 34.5. The Labute approximate surface area is 240 Å². The van der Waals surface area contributed by atoms with E-state index >= 15 is 0 Å². The Morgan fingerprint density at radius 1 is 1.10 bits per heavy atom. The third-order valence-electron chi connectivity index (χ3n) is 5.63. The van der Waals surface area contributed by atoms with Crippen molar-refractivity contribution in [2.24, 2.45) is 0 Å². The van der Waals surface area contributed by atoms with Crippen LogP contribution in [0, 0.1) is 16.5 Å². The third-order valence-corrected chi connectivity index (χ3v) is 5.86. The van der Waals surface area contributed by atoms with Gasteiger partial charge in [0.05, 0.1) is 12.0 Å². The molecule has 0 unspecified atom stereocenters. The van der Waals surface area contributed by atoms with E-state index in [0.717, 1.165) is 0 Å². The van der Waals surface area contributed by atoms with Gasteiger partial charge < -0.3 is 20.6 Å². The number of nitriles is 1. The van der Waals surface area contributed by atoms with Crippen molar-refractivity contribution in [3.05, 3.63) is 93.0 Å². The maximum atomic E-state index is 14.5. The second-order valence-corrected chi connectivity index (χ2v) is 10.4. The number of aromatic nitrogens is 2. The van der Waals surface area contributed by atoms with Gasteiger partial charge in [-0.15, -0.1) is 0 Å². The first kappa shape index (κ1) is 31.0. The monoisotopic (exact) mass is 586 g/mol. The van der Waals surface area contributed by atoms with Crippen LogP contribution in [-0.2, 0) is 35.0 Å². The molecule has 0 bridgehead atoms. The molecule has 3 rings (SSSR count). The van der Waals surface area contributed by atoms with E-state index in [1.807, 2.05) is 6.07 Å². The number of halogens is 3. The summed E-state index contributed by atoms with van der Waals surface area (Å²) in [5.41, 5.74) is -0.174. The van der Waals surface area contributed by atoms with Gasteiger partial charge in [0, 0.05) is 30.4 Å². The second kappa shape index (κ2) is 13.2. The molecule has 2 aromatic heterocycles. The number of ether oxygens (including phenoxy) is 1. The lowest BCUT2D eigenvalue weighted by molar-refractivity contribution is -0.598. The summed E-state index contributed by atoms with van der Waals surface area (Å²) in [4.78, 5) is 28.5. The maximum absolute atomic E-state index is 14.5. The number of nitrogens with zero attached hydrogens (tertiary/aromatic N) is 3. The van der Waals surface area contributed by atoms with Gasteiger partial charge in [0.15, 0.2) is 6.54 Å². The predicted octanol–water partition coefficient (Wildman–Crippen LogP) is 4.33. The van der Waals surface area contributed by atoms with E-state index < -0.39 is 42.2 Å².